The summed E-state index contributed by atoms with van der Waals surface area (Å²) in [5.41, 5.74) is 0.605. The van der Waals surface area contributed by atoms with Crippen molar-refractivity contribution in [2.45, 2.75) is 25.2 Å². The van der Waals surface area contributed by atoms with Crippen molar-refractivity contribution in [2.24, 2.45) is 0 Å². The van der Waals surface area contributed by atoms with Crippen LogP contribution in [0.4, 0.5) is 5.69 Å². The van der Waals surface area contributed by atoms with Crippen molar-refractivity contribution >= 4 is 47.1 Å². The molecule has 0 heterocycles. The van der Waals surface area contributed by atoms with Crippen LogP contribution in [0.2, 0.25) is 10.0 Å². The summed E-state index contributed by atoms with van der Waals surface area (Å²) in [6.45, 7) is 4.25. The Morgan fingerprint density at radius 3 is 2.38 bits per heavy atom. The van der Waals surface area contributed by atoms with E-state index in [9.17, 15) is 4.79 Å². The zero-order valence-corrected chi connectivity index (χ0v) is 11.8. The molecule has 0 bridgehead atoms. The van der Waals surface area contributed by atoms with Gasteiger partial charge in [0.05, 0.1) is 10.7 Å². The first kappa shape index (κ1) is 15.6. The van der Waals surface area contributed by atoms with E-state index < -0.39 is 0 Å². The second kappa shape index (κ2) is 8.74. The van der Waals surface area contributed by atoms with Gasteiger partial charge in [0.2, 0.25) is 6.41 Å². The highest BCUT2D eigenvalue weighted by Crippen LogP contribution is 2.34. The van der Waals surface area contributed by atoms with Gasteiger partial charge in [-0.05, 0) is 18.4 Å². The molecule has 0 aliphatic heterocycles. The molecule has 0 spiro atoms. The number of carbonyl (C=O) groups is 1. The van der Waals surface area contributed by atoms with Gasteiger partial charge >= 0.3 is 0 Å². The van der Waals surface area contributed by atoms with Crippen molar-refractivity contribution < 1.29 is 4.79 Å². The lowest BCUT2D eigenvalue weighted by atomic mass is 10.3. The van der Waals surface area contributed by atoms with Gasteiger partial charge < -0.3 is 5.32 Å². The number of hydrogen-bond acceptors (Lipinski definition) is 2. The van der Waals surface area contributed by atoms with Crippen LogP contribution in [-0.2, 0) is 4.79 Å². The van der Waals surface area contributed by atoms with Crippen molar-refractivity contribution in [1.29, 1.82) is 0 Å². The van der Waals surface area contributed by atoms with Crippen molar-refractivity contribution in [3.63, 3.8) is 0 Å². The first-order valence-electron chi connectivity index (χ1n) is 4.83. The van der Waals surface area contributed by atoms with Gasteiger partial charge in [-0.2, -0.15) is 0 Å². The standard InChI is InChI=1S/C8H7Cl2NOS.C3H8/c1-13-7-3-5(9)2-6(10)8(7)11-4-12;1-3-2/h2-4H,1H3,(H,11,12);3H2,1-2H3. The van der Waals surface area contributed by atoms with Crippen LogP contribution < -0.4 is 5.32 Å². The Bertz CT molecular complexity index is 345. The number of amides is 1. The zero-order valence-electron chi connectivity index (χ0n) is 9.51. The number of benzene rings is 1. The lowest BCUT2D eigenvalue weighted by Gasteiger charge is -2.08. The molecule has 0 aromatic heterocycles. The number of carbonyl (C=O) groups excluding carboxylic acids is 1. The van der Waals surface area contributed by atoms with E-state index in [1.54, 1.807) is 12.1 Å². The predicted molar refractivity (Wildman–Crippen MR) is 73.9 cm³/mol. The Hall–Kier alpha value is -0.380. The van der Waals surface area contributed by atoms with Crippen molar-refractivity contribution in [3.05, 3.63) is 22.2 Å². The second-order valence-electron chi connectivity index (χ2n) is 2.93. The Kier molecular flexibility index (Phi) is 8.53. The molecule has 1 aromatic rings. The molecule has 0 saturated heterocycles. The number of rotatable bonds is 3. The van der Waals surface area contributed by atoms with Crippen molar-refractivity contribution in [3.8, 4) is 0 Å². The maximum absolute atomic E-state index is 10.3. The van der Waals surface area contributed by atoms with Crippen LogP contribution in [0.15, 0.2) is 17.0 Å². The Morgan fingerprint density at radius 2 is 1.94 bits per heavy atom. The van der Waals surface area contributed by atoms with Crippen molar-refractivity contribution in [2.75, 3.05) is 11.6 Å². The summed E-state index contributed by atoms with van der Waals surface area (Å²) in [6.07, 6.45) is 3.73. The van der Waals surface area contributed by atoms with Crippen LogP contribution in [0.25, 0.3) is 0 Å². The van der Waals surface area contributed by atoms with Crippen molar-refractivity contribution in [1.82, 2.24) is 0 Å². The molecule has 90 valence electrons. The Balaban J connectivity index is 0.000000673. The van der Waals surface area contributed by atoms with Crippen LogP contribution in [0.1, 0.15) is 20.3 Å². The van der Waals surface area contributed by atoms with Gasteiger partial charge in [-0.25, -0.2) is 0 Å². The van der Waals surface area contributed by atoms with Gasteiger partial charge in [-0.15, -0.1) is 11.8 Å². The molecular formula is C11H15Cl2NOS. The first-order valence-corrected chi connectivity index (χ1v) is 6.81. The van der Waals surface area contributed by atoms with Gasteiger partial charge in [-0.1, -0.05) is 43.5 Å². The Morgan fingerprint density at radius 1 is 1.38 bits per heavy atom. The van der Waals surface area contributed by atoms with Crippen LogP contribution in [0.5, 0.6) is 0 Å². The average Bonchev–Trinajstić information content (AvgIpc) is 2.23. The molecule has 0 radical (unpaired) electrons. The third-order valence-electron chi connectivity index (χ3n) is 1.44. The van der Waals surface area contributed by atoms with Gasteiger partial charge in [-0.3, -0.25) is 4.79 Å². The number of nitrogens with one attached hydrogen (secondary N) is 1. The number of thioether (sulfide) groups is 1. The molecule has 1 rings (SSSR count). The third-order valence-corrected chi connectivity index (χ3v) is 2.72. The summed E-state index contributed by atoms with van der Waals surface area (Å²) in [4.78, 5) is 11.1. The topological polar surface area (TPSA) is 29.1 Å². The molecule has 0 saturated carbocycles. The summed E-state index contributed by atoms with van der Waals surface area (Å²) < 4.78 is 0. The van der Waals surface area contributed by atoms with Crippen LogP contribution in [-0.4, -0.2) is 12.7 Å². The van der Waals surface area contributed by atoms with Crippen LogP contribution in [0.3, 0.4) is 0 Å². The van der Waals surface area contributed by atoms with E-state index in [2.05, 4.69) is 19.2 Å². The largest absolute Gasteiger partial charge is 0.326 e. The SMILES string of the molecule is CCC.CSc1cc(Cl)cc(Cl)c1NC=O. The molecule has 0 aliphatic carbocycles. The molecule has 2 nitrogen and oxygen atoms in total. The minimum absolute atomic E-state index is 0.448. The highest BCUT2D eigenvalue weighted by molar-refractivity contribution is 7.98. The summed E-state index contributed by atoms with van der Waals surface area (Å²) in [7, 11) is 0. The van der Waals surface area contributed by atoms with Crippen LogP contribution in [0, 0.1) is 0 Å². The normalized spacial score (nSPS) is 9.06. The highest BCUT2D eigenvalue weighted by Gasteiger charge is 2.07. The molecule has 0 aliphatic rings. The summed E-state index contributed by atoms with van der Waals surface area (Å²) in [5.74, 6) is 0. The molecule has 0 atom stereocenters. The highest BCUT2D eigenvalue weighted by atomic mass is 35.5. The maximum atomic E-state index is 10.3. The zero-order chi connectivity index (χ0) is 12.6. The quantitative estimate of drug-likeness (QED) is 0.642. The smallest absolute Gasteiger partial charge is 0.211 e. The average molecular weight is 280 g/mol. The molecular weight excluding hydrogens is 265 g/mol. The van der Waals surface area contributed by atoms with E-state index in [4.69, 9.17) is 23.2 Å². The summed E-state index contributed by atoms with van der Waals surface area (Å²) in [6, 6.07) is 3.35. The molecule has 16 heavy (non-hydrogen) atoms. The van der Waals surface area contributed by atoms with Gasteiger partial charge in [0, 0.05) is 9.92 Å². The third kappa shape index (κ3) is 5.10. The predicted octanol–water partition coefficient (Wildman–Crippen LogP) is 4.70. The summed E-state index contributed by atoms with van der Waals surface area (Å²) >= 11 is 13.1. The fourth-order valence-electron chi connectivity index (χ4n) is 0.910. The lowest BCUT2D eigenvalue weighted by molar-refractivity contribution is -0.105. The van der Waals surface area contributed by atoms with E-state index in [0.717, 1.165) is 4.90 Å². The van der Waals surface area contributed by atoms with Crippen LogP contribution >= 0.6 is 35.0 Å². The molecule has 0 unspecified atom stereocenters. The number of hydrogen-bond donors (Lipinski definition) is 1. The first-order chi connectivity index (χ1) is 7.60. The van der Waals surface area contributed by atoms with E-state index in [-0.39, 0.29) is 0 Å². The summed E-state index contributed by atoms with van der Waals surface area (Å²) in [5, 5.41) is 3.54. The number of anilines is 1. The molecule has 5 heteroatoms. The van der Waals surface area contributed by atoms with Gasteiger partial charge in [0.1, 0.15) is 0 Å². The number of halogens is 2. The fourth-order valence-corrected chi connectivity index (χ4v) is 2.20. The monoisotopic (exact) mass is 279 g/mol. The molecule has 1 amide bonds. The molecule has 1 N–H and O–H groups in total. The van der Waals surface area contributed by atoms with E-state index in [1.807, 2.05) is 6.26 Å². The van der Waals surface area contributed by atoms with E-state index in [0.29, 0.717) is 22.1 Å². The minimum Gasteiger partial charge on any atom is -0.326 e. The molecule has 0 fully saturated rings. The fraction of sp³-hybridized carbons (Fsp3) is 0.364. The molecule has 1 aromatic carbocycles. The van der Waals surface area contributed by atoms with E-state index in [1.165, 1.54) is 18.2 Å². The van der Waals surface area contributed by atoms with Gasteiger partial charge in [0.15, 0.2) is 0 Å². The van der Waals surface area contributed by atoms with Gasteiger partial charge in [0.25, 0.3) is 0 Å². The Labute approximate surface area is 111 Å². The van der Waals surface area contributed by atoms with E-state index >= 15 is 0 Å². The lowest BCUT2D eigenvalue weighted by Crippen LogP contribution is -1.96. The second-order valence-corrected chi connectivity index (χ2v) is 4.63. The maximum Gasteiger partial charge on any atom is 0.211 e. The minimum atomic E-state index is 0.448.